The van der Waals surface area contributed by atoms with Crippen LogP contribution < -0.4 is 10.1 Å². The zero-order valence-electron chi connectivity index (χ0n) is 14.1. The smallest absolute Gasteiger partial charge is 0.317 e. The first-order valence-corrected chi connectivity index (χ1v) is 8.31. The summed E-state index contributed by atoms with van der Waals surface area (Å²) in [4.78, 5) is 25.1. The fraction of sp³-hybridized carbons (Fsp3) is 0.471. The minimum atomic E-state index is -0.799. The SMILES string of the molecule is COc1ccc2[nH]nc(C(=O)NCC3CCN(CC(=O)O)CC3)c2c1. The first kappa shape index (κ1) is 17.2. The molecule has 1 saturated heterocycles. The molecule has 1 aromatic carbocycles. The van der Waals surface area contributed by atoms with Crippen LogP contribution in [-0.4, -0.2) is 65.4 Å². The molecule has 134 valence electrons. The second-order valence-corrected chi connectivity index (χ2v) is 6.31. The predicted molar refractivity (Wildman–Crippen MR) is 91.8 cm³/mol. The zero-order chi connectivity index (χ0) is 17.8. The third-order valence-electron chi connectivity index (χ3n) is 4.60. The van der Waals surface area contributed by atoms with Crippen LogP contribution in [0.25, 0.3) is 10.9 Å². The largest absolute Gasteiger partial charge is 0.497 e. The Morgan fingerprint density at radius 3 is 2.84 bits per heavy atom. The highest BCUT2D eigenvalue weighted by atomic mass is 16.5. The lowest BCUT2D eigenvalue weighted by Gasteiger charge is -2.30. The van der Waals surface area contributed by atoms with E-state index in [1.165, 1.54) is 0 Å². The van der Waals surface area contributed by atoms with E-state index in [1.807, 2.05) is 17.0 Å². The number of ether oxygens (including phenoxy) is 1. The molecular formula is C17H22N4O4. The number of amides is 1. The van der Waals surface area contributed by atoms with Crippen molar-refractivity contribution in [2.45, 2.75) is 12.8 Å². The van der Waals surface area contributed by atoms with Gasteiger partial charge in [0, 0.05) is 11.9 Å². The van der Waals surface area contributed by atoms with Gasteiger partial charge in [0.25, 0.3) is 5.91 Å². The highest BCUT2D eigenvalue weighted by Gasteiger charge is 2.22. The number of fused-ring (bicyclic) bond motifs is 1. The van der Waals surface area contributed by atoms with E-state index in [9.17, 15) is 9.59 Å². The van der Waals surface area contributed by atoms with E-state index in [1.54, 1.807) is 13.2 Å². The van der Waals surface area contributed by atoms with E-state index in [2.05, 4.69) is 15.5 Å². The van der Waals surface area contributed by atoms with Crippen LogP contribution in [-0.2, 0) is 4.79 Å². The molecule has 2 aromatic rings. The number of aromatic amines is 1. The van der Waals surface area contributed by atoms with Crippen molar-refractivity contribution in [1.82, 2.24) is 20.4 Å². The molecule has 2 heterocycles. The van der Waals surface area contributed by atoms with Gasteiger partial charge < -0.3 is 15.2 Å². The van der Waals surface area contributed by atoms with Crippen LogP contribution in [0.4, 0.5) is 0 Å². The first-order valence-electron chi connectivity index (χ1n) is 8.31. The number of rotatable bonds is 6. The van der Waals surface area contributed by atoms with E-state index >= 15 is 0 Å². The molecule has 0 unspecified atom stereocenters. The van der Waals surface area contributed by atoms with Crippen molar-refractivity contribution >= 4 is 22.8 Å². The highest BCUT2D eigenvalue weighted by Crippen LogP contribution is 2.22. The lowest BCUT2D eigenvalue weighted by molar-refractivity contribution is -0.138. The third kappa shape index (κ3) is 4.08. The summed E-state index contributed by atoms with van der Waals surface area (Å²) in [5.41, 5.74) is 1.14. The van der Waals surface area contributed by atoms with Gasteiger partial charge in [0.1, 0.15) is 5.75 Å². The molecular weight excluding hydrogens is 324 g/mol. The molecule has 1 fully saturated rings. The molecule has 0 atom stereocenters. The number of hydrogen-bond acceptors (Lipinski definition) is 5. The third-order valence-corrected chi connectivity index (χ3v) is 4.60. The van der Waals surface area contributed by atoms with Crippen LogP contribution in [0.3, 0.4) is 0 Å². The van der Waals surface area contributed by atoms with Crippen molar-refractivity contribution in [2.75, 3.05) is 33.3 Å². The zero-order valence-corrected chi connectivity index (χ0v) is 14.1. The summed E-state index contributed by atoms with van der Waals surface area (Å²) >= 11 is 0. The second-order valence-electron chi connectivity index (χ2n) is 6.31. The van der Waals surface area contributed by atoms with Crippen LogP contribution in [0, 0.1) is 5.92 Å². The van der Waals surface area contributed by atoms with Crippen molar-refractivity contribution in [1.29, 1.82) is 0 Å². The van der Waals surface area contributed by atoms with E-state index in [4.69, 9.17) is 9.84 Å². The topological polar surface area (TPSA) is 108 Å². The number of piperidine rings is 1. The number of H-pyrrole nitrogens is 1. The van der Waals surface area contributed by atoms with Crippen molar-refractivity contribution in [3.63, 3.8) is 0 Å². The predicted octanol–water partition coefficient (Wildman–Crippen LogP) is 1.10. The van der Waals surface area contributed by atoms with E-state index in [0.29, 0.717) is 23.9 Å². The Morgan fingerprint density at radius 1 is 1.40 bits per heavy atom. The number of carboxylic acids is 1. The Bertz CT molecular complexity index is 765. The van der Waals surface area contributed by atoms with Gasteiger partial charge in [-0.25, -0.2) is 0 Å². The molecule has 0 aliphatic carbocycles. The molecule has 0 saturated carbocycles. The maximum absolute atomic E-state index is 12.4. The van der Waals surface area contributed by atoms with Gasteiger partial charge in [0.15, 0.2) is 5.69 Å². The average molecular weight is 346 g/mol. The molecule has 1 amide bonds. The number of methoxy groups -OCH3 is 1. The molecule has 3 N–H and O–H groups in total. The Kier molecular flexibility index (Phi) is 5.18. The summed E-state index contributed by atoms with van der Waals surface area (Å²) in [6.45, 7) is 2.14. The molecule has 25 heavy (non-hydrogen) atoms. The molecule has 8 nitrogen and oxygen atoms in total. The average Bonchev–Trinajstić information content (AvgIpc) is 3.03. The Labute approximate surface area is 145 Å². The van der Waals surface area contributed by atoms with Crippen molar-refractivity contribution in [3.8, 4) is 5.75 Å². The van der Waals surface area contributed by atoms with Crippen LogP contribution in [0.5, 0.6) is 5.75 Å². The van der Waals surface area contributed by atoms with Crippen molar-refractivity contribution in [3.05, 3.63) is 23.9 Å². The minimum absolute atomic E-state index is 0.0835. The Balaban J connectivity index is 1.56. The first-order chi connectivity index (χ1) is 12.1. The number of nitrogens with zero attached hydrogens (tertiary/aromatic N) is 2. The quantitative estimate of drug-likeness (QED) is 0.723. The van der Waals surface area contributed by atoms with Gasteiger partial charge >= 0.3 is 5.97 Å². The van der Waals surface area contributed by atoms with Crippen LogP contribution in [0.2, 0.25) is 0 Å². The number of carbonyl (C=O) groups excluding carboxylic acids is 1. The van der Waals surface area contributed by atoms with Gasteiger partial charge in [0.2, 0.25) is 0 Å². The van der Waals surface area contributed by atoms with E-state index < -0.39 is 5.97 Å². The monoisotopic (exact) mass is 346 g/mol. The number of carboxylic acid groups (broad SMARTS) is 1. The molecule has 1 aliphatic rings. The number of likely N-dealkylation sites (tertiary alicyclic amines) is 1. The summed E-state index contributed by atoms with van der Waals surface area (Å²) in [6, 6.07) is 5.43. The van der Waals surface area contributed by atoms with E-state index in [-0.39, 0.29) is 12.5 Å². The Morgan fingerprint density at radius 2 is 2.16 bits per heavy atom. The molecule has 0 bridgehead atoms. The van der Waals surface area contributed by atoms with Crippen molar-refractivity contribution < 1.29 is 19.4 Å². The van der Waals surface area contributed by atoms with E-state index in [0.717, 1.165) is 36.8 Å². The standard InChI is InChI=1S/C17H22N4O4/c1-25-12-2-3-14-13(8-12)16(20-19-14)17(24)18-9-11-4-6-21(7-5-11)10-15(22)23/h2-3,8,11H,4-7,9-10H2,1H3,(H,18,24)(H,19,20)(H,22,23). The fourth-order valence-corrected chi connectivity index (χ4v) is 3.15. The number of benzene rings is 1. The molecule has 1 aliphatic heterocycles. The normalized spacial score (nSPS) is 16.0. The van der Waals surface area contributed by atoms with Gasteiger partial charge in [-0.1, -0.05) is 0 Å². The number of aliphatic carboxylic acids is 1. The molecule has 3 rings (SSSR count). The lowest BCUT2D eigenvalue weighted by atomic mass is 9.96. The molecule has 8 heteroatoms. The number of nitrogens with one attached hydrogen (secondary N) is 2. The number of hydrogen-bond donors (Lipinski definition) is 3. The van der Waals surface area contributed by atoms with Gasteiger partial charge in [-0.3, -0.25) is 19.6 Å². The Hall–Kier alpha value is -2.61. The summed E-state index contributed by atoms with van der Waals surface area (Å²) in [5.74, 6) is 0.0162. The maximum atomic E-state index is 12.4. The van der Waals surface area contributed by atoms with Crippen LogP contribution in [0.15, 0.2) is 18.2 Å². The highest BCUT2D eigenvalue weighted by molar-refractivity contribution is 6.05. The lowest BCUT2D eigenvalue weighted by Crippen LogP contribution is -2.40. The maximum Gasteiger partial charge on any atom is 0.317 e. The number of carbonyl (C=O) groups is 2. The molecule has 1 aromatic heterocycles. The summed E-state index contributed by atoms with van der Waals surface area (Å²) < 4.78 is 5.20. The minimum Gasteiger partial charge on any atom is -0.497 e. The van der Waals surface area contributed by atoms with Crippen LogP contribution in [0.1, 0.15) is 23.3 Å². The van der Waals surface area contributed by atoms with Crippen LogP contribution >= 0.6 is 0 Å². The summed E-state index contributed by atoms with van der Waals surface area (Å²) in [7, 11) is 1.58. The molecule has 0 radical (unpaired) electrons. The van der Waals surface area contributed by atoms with Gasteiger partial charge in [0.05, 0.1) is 19.2 Å². The molecule has 0 spiro atoms. The summed E-state index contributed by atoms with van der Waals surface area (Å²) in [6.07, 6.45) is 1.76. The van der Waals surface area contributed by atoms with Crippen molar-refractivity contribution in [2.24, 2.45) is 5.92 Å². The number of aromatic nitrogens is 2. The second kappa shape index (κ2) is 7.52. The van der Waals surface area contributed by atoms with Gasteiger partial charge in [-0.15, -0.1) is 0 Å². The van der Waals surface area contributed by atoms with Gasteiger partial charge in [-0.05, 0) is 50.0 Å². The fourth-order valence-electron chi connectivity index (χ4n) is 3.15. The summed E-state index contributed by atoms with van der Waals surface area (Å²) in [5, 5.41) is 19.5. The van der Waals surface area contributed by atoms with Gasteiger partial charge in [-0.2, -0.15) is 5.10 Å².